The Kier molecular flexibility index (Phi) is 14.0. The molecule has 2 unspecified atom stereocenters. The molecule has 13 nitrogen and oxygen atoms in total. The number of halogens is 1. The highest BCUT2D eigenvalue weighted by Gasteiger charge is 2.64. The number of benzene rings is 1. The van der Waals surface area contributed by atoms with E-state index in [0.29, 0.717) is 23.6 Å². The summed E-state index contributed by atoms with van der Waals surface area (Å²) in [5.74, 6) is -0.916. The molecule has 3 aliphatic rings. The summed E-state index contributed by atoms with van der Waals surface area (Å²) in [5.41, 5.74) is -0.884. The van der Waals surface area contributed by atoms with E-state index in [1.807, 2.05) is 19.3 Å². The normalized spacial score (nSPS) is 29.9. The van der Waals surface area contributed by atoms with E-state index >= 15 is 0 Å². The second kappa shape index (κ2) is 17.5. The summed E-state index contributed by atoms with van der Waals surface area (Å²) < 4.78 is 29.2. The van der Waals surface area contributed by atoms with E-state index in [4.69, 9.17) is 35.3 Å². The van der Waals surface area contributed by atoms with Crippen LogP contribution in [0.5, 0.6) is 5.75 Å². The second-order valence-electron chi connectivity index (χ2n) is 13.6. The maximum atomic E-state index is 14.1. The van der Waals surface area contributed by atoms with Crippen LogP contribution in [-0.2, 0) is 39.8 Å². The highest BCUT2D eigenvalue weighted by molar-refractivity contribution is 8.76. The monoisotopic (exact) mass is 783 g/mol. The molecule has 2 N–H and O–H groups in total. The highest BCUT2D eigenvalue weighted by Crippen LogP contribution is 2.49. The van der Waals surface area contributed by atoms with Crippen LogP contribution in [0.4, 0.5) is 10.5 Å². The quantitative estimate of drug-likeness (QED) is 0.151. The summed E-state index contributed by atoms with van der Waals surface area (Å²) in [6, 6.07) is 2.63. The predicted octanol–water partition coefficient (Wildman–Crippen LogP) is 4.92. The minimum atomic E-state index is -1.82. The SMILES string of the molecule is COc1cc2cc(c1Cl)N(C)C(=O)C[C@H](OC(=O)[C@H](C)N(C)C(=O)CCSSC)[C@]1(C)OC1C(C)[C@@H]1C[C@@](O)(NC(=O)O1)[C@H](OC)C=CC=C(C)C2. The Bertz CT molecular complexity index is 1580. The van der Waals surface area contributed by atoms with Crippen molar-refractivity contribution in [1.29, 1.82) is 0 Å². The fraction of sp³-hybridized carbons (Fsp3) is 0.611. The fourth-order valence-corrected chi connectivity index (χ4v) is 8.09. The third kappa shape index (κ3) is 9.40. The van der Waals surface area contributed by atoms with E-state index in [1.165, 1.54) is 31.1 Å². The minimum Gasteiger partial charge on any atom is -0.495 e. The Morgan fingerprint density at radius 3 is 2.63 bits per heavy atom. The molecule has 4 bridgehead atoms. The number of anilines is 1. The van der Waals surface area contributed by atoms with Gasteiger partial charge in [-0.3, -0.25) is 14.9 Å². The molecule has 2 saturated heterocycles. The maximum Gasteiger partial charge on any atom is 0.409 e. The second-order valence-corrected chi connectivity index (χ2v) is 16.7. The molecule has 2 fully saturated rings. The van der Waals surface area contributed by atoms with Gasteiger partial charge in [-0.05, 0) is 51.1 Å². The number of aliphatic hydroxyl groups is 1. The number of hydrogen-bond acceptors (Lipinski definition) is 12. The number of rotatable bonds is 9. The van der Waals surface area contributed by atoms with Gasteiger partial charge in [0.15, 0.2) is 5.72 Å². The van der Waals surface area contributed by atoms with E-state index in [9.17, 15) is 24.3 Å². The molecule has 0 radical (unpaired) electrons. The number of allylic oxidation sites excluding steroid dienone is 3. The molecule has 3 heterocycles. The van der Waals surface area contributed by atoms with Gasteiger partial charge in [-0.2, -0.15) is 0 Å². The smallest absolute Gasteiger partial charge is 0.409 e. The Balaban J connectivity index is 1.74. The highest BCUT2D eigenvalue weighted by atomic mass is 35.5. The van der Waals surface area contributed by atoms with Gasteiger partial charge in [0.2, 0.25) is 11.8 Å². The van der Waals surface area contributed by atoms with Crippen molar-refractivity contribution in [3.05, 3.63) is 46.5 Å². The van der Waals surface area contributed by atoms with Crippen LogP contribution in [0.15, 0.2) is 35.9 Å². The maximum absolute atomic E-state index is 14.1. The fourth-order valence-electron chi connectivity index (χ4n) is 6.61. The molecule has 0 saturated carbocycles. The topological polar surface area (TPSA) is 156 Å². The number of nitrogens with zero attached hydrogens (tertiary/aromatic N) is 2. The number of carbonyl (C=O) groups is 4. The molecule has 3 amide bonds. The summed E-state index contributed by atoms with van der Waals surface area (Å²) in [5, 5.41) is 14.5. The van der Waals surface area contributed by atoms with Crippen LogP contribution in [0.1, 0.15) is 52.5 Å². The summed E-state index contributed by atoms with van der Waals surface area (Å²) >= 11 is 6.75. The standard InChI is InChI=1S/C36H50ClN3O10S2/c1-20-11-10-12-27(47-8)36(45)19-26(48-34(44)38-36)21(2)32-35(4,50-32)28(49-33(43)22(3)39(5)29(41)13-14-52-51-9)18-30(42)40(6)24-16-23(15-20)17-25(46-7)31(24)37/h10-12,16-17,21-22,26-28,32,45H,13-15,18-19H2,1-9H3,(H,38,44)/t21?,22-,26-,27+,28-,32?,35-,36-/m0/s1. The van der Waals surface area contributed by atoms with Crippen molar-refractivity contribution in [2.24, 2.45) is 5.92 Å². The molecule has 52 heavy (non-hydrogen) atoms. The third-order valence-corrected chi connectivity index (χ3v) is 12.2. The lowest BCUT2D eigenvalue weighted by Crippen LogP contribution is -2.63. The number of hydrogen-bond donors (Lipinski definition) is 2. The van der Waals surface area contributed by atoms with Gasteiger partial charge in [-0.25, -0.2) is 9.59 Å². The minimum absolute atomic E-state index is 0.0452. The van der Waals surface area contributed by atoms with Crippen LogP contribution in [0.3, 0.4) is 0 Å². The van der Waals surface area contributed by atoms with Crippen molar-refractivity contribution in [3.8, 4) is 5.75 Å². The lowest BCUT2D eigenvalue weighted by Gasteiger charge is -2.42. The van der Waals surface area contributed by atoms with Crippen LogP contribution in [0, 0.1) is 5.92 Å². The predicted molar refractivity (Wildman–Crippen MR) is 202 cm³/mol. The van der Waals surface area contributed by atoms with Crippen molar-refractivity contribution in [1.82, 2.24) is 10.2 Å². The first-order chi connectivity index (χ1) is 24.5. The first-order valence-corrected chi connectivity index (χ1v) is 20.1. The summed E-state index contributed by atoms with van der Waals surface area (Å²) in [7, 11) is 9.14. The molecular formula is C36H50ClN3O10S2. The molecule has 16 heteroatoms. The molecule has 1 aromatic rings. The Hall–Kier alpha value is -2.95. The van der Waals surface area contributed by atoms with Gasteiger partial charge in [0.25, 0.3) is 0 Å². The summed E-state index contributed by atoms with van der Waals surface area (Å²) in [6.45, 7) is 7.02. The first-order valence-electron chi connectivity index (χ1n) is 17.0. The summed E-state index contributed by atoms with van der Waals surface area (Å²) in [4.78, 5) is 56.2. The van der Waals surface area contributed by atoms with Gasteiger partial charge in [0, 0.05) is 45.7 Å². The van der Waals surface area contributed by atoms with Crippen LogP contribution in [0.25, 0.3) is 0 Å². The van der Waals surface area contributed by atoms with Gasteiger partial charge < -0.3 is 38.6 Å². The average Bonchev–Trinajstić information content (AvgIpc) is 3.80. The lowest BCUT2D eigenvalue weighted by molar-refractivity contribution is -0.161. The zero-order valence-corrected chi connectivity index (χ0v) is 33.5. The van der Waals surface area contributed by atoms with E-state index in [2.05, 4.69) is 5.32 Å². The number of alkyl carbamates (subject to hydrolysis) is 1. The van der Waals surface area contributed by atoms with E-state index in [-0.39, 0.29) is 30.2 Å². The Morgan fingerprint density at radius 2 is 1.98 bits per heavy atom. The zero-order valence-electron chi connectivity index (χ0n) is 31.1. The number of ether oxygens (including phenoxy) is 5. The molecule has 1 aromatic carbocycles. The Labute approximate surface area is 318 Å². The van der Waals surface area contributed by atoms with E-state index < -0.39 is 65.7 Å². The third-order valence-electron chi connectivity index (χ3n) is 10.0. The lowest BCUT2D eigenvalue weighted by atomic mass is 9.83. The van der Waals surface area contributed by atoms with Gasteiger partial charge >= 0.3 is 12.1 Å². The molecule has 0 aromatic heterocycles. The molecule has 0 spiro atoms. The van der Waals surface area contributed by atoms with Crippen LogP contribution in [-0.4, -0.2) is 116 Å². The number of carbonyl (C=O) groups excluding carboxylic acids is 4. The number of likely N-dealkylation sites (N-methyl/N-ethyl adjacent to an activating group) is 1. The van der Waals surface area contributed by atoms with Gasteiger partial charge in [0.05, 0.1) is 25.3 Å². The molecule has 0 aliphatic carbocycles. The van der Waals surface area contributed by atoms with Crippen LogP contribution >= 0.6 is 33.2 Å². The van der Waals surface area contributed by atoms with Crippen molar-refractivity contribution in [2.45, 2.75) is 95.2 Å². The number of nitrogens with one attached hydrogen (secondary N) is 1. The molecule has 4 rings (SSSR count). The molecule has 3 aliphatic heterocycles. The van der Waals surface area contributed by atoms with Gasteiger partial charge in [-0.1, -0.05) is 63.9 Å². The van der Waals surface area contributed by atoms with Gasteiger partial charge in [0.1, 0.15) is 40.7 Å². The zero-order chi connectivity index (χ0) is 38.5. The average molecular weight is 784 g/mol. The Morgan fingerprint density at radius 1 is 1.27 bits per heavy atom. The van der Waals surface area contributed by atoms with Crippen molar-refractivity contribution in [2.75, 3.05) is 45.2 Å². The van der Waals surface area contributed by atoms with E-state index in [1.54, 1.807) is 73.7 Å². The molecule has 288 valence electrons. The molecular weight excluding hydrogens is 734 g/mol. The van der Waals surface area contributed by atoms with Crippen LogP contribution < -0.4 is 15.0 Å². The molecule has 8 atom stereocenters. The van der Waals surface area contributed by atoms with Crippen molar-refractivity contribution >= 4 is 62.8 Å². The number of esters is 1. The largest absolute Gasteiger partial charge is 0.495 e. The summed E-state index contributed by atoms with van der Waals surface area (Å²) in [6.07, 6.45) is 3.17. The van der Waals surface area contributed by atoms with Crippen molar-refractivity contribution < 1.29 is 48.0 Å². The van der Waals surface area contributed by atoms with Crippen LogP contribution in [0.2, 0.25) is 5.02 Å². The van der Waals surface area contributed by atoms with Gasteiger partial charge in [-0.15, -0.1) is 0 Å². The number of methoxy groups -OCH3 is 2. The number of amides is 3. The van der Waals surface area contributed by atoms with E-state index in [0.717, 1.165) is 11.1 Å². The number of epoxide rings is 1. The first kappa shape index (κ1) is 41.8. The number of fused-ring (bicyclic) bond motifs is 5. The van der Waals surface area contributed by atoms with Crippen molar-refractivity contribution in [3.63, 3.8) is 0 Å².